The summed E-state index contributed by atoms with van der Waals surface area (Å²) in [4.78, 5) is 41.9. The summed E-state index contributed by atoms with van der Waals surface area (Å²) in [5, 5.41) is 10.3. The molecule has 12 rings (SSSR count). The Hall–Kier alpha value is -5.55. The van der Waals surface area contributed by atoms with Gasteiger partial charge in [0.15, 0.2) is 0 Å². The van der Waals surface area contributed by atoms with Gasteiger partial charge in [-0.25, -0.2) is 4.21 Å². The van der Waals surface area contributed by atoms with Gasteiger partial charge in [-0.2, -0.15) is 0 Å². The summed E-state index contributed by atoms with van der Waals surface area (Å²) in [6.45, 7) is 0. The molecule has 56 heavy (non-hydrogen) atoms. The zero-order chi connectivity index (χ0) is 37.7. The van der Waals surface area contributed by atoms with Crippen molar-refractivity contribution in [1.82, 2.24) is 0 Å². The average molecular weight is 813 g/mol. The number of rotatable bonds is 0. The second-order valence-electron chi connectivity index (χ2n) is 13.5. The van der Waals surface area contributed by atoms with Gasteiger partial charge in [-0.1, -0.05) is 127 Å². The van der Waals surface area contributed by atoms with Crippen molar-refractivity contribution in [3.8, 4) is 0 Å². The number of hydrogen-bond donors (Lipinski definition) is 0. The summed E-state index contributed by atoms with van der Waals surface area (Å²) >= 11 is 5.76. The highest BCUT2D eigenvalue weighted by Crippen LogP contribution is 2.45. The monoisotopic (exact) mass is 812 g/mol. The van der Waals surface area contributed by atoms with Gasteiger partial charge in [0, 0.05) is 56.7 Å². The highest BCUT2D eigenvalue weighted by atomic mass is 32.2. The van der Waals surface area contributed by atoms with Gasteiger partial charge in [-0.15, -0.1) is 34.0 Å². The molecule has 3 aromatic heterocycles. The summed E-state index contributed by atoms with van der Waals surface area (Å²) in [7, 11) is -1.37. The van der Waals surface area contributed by atoms with E-state index >= 15 is 0 Å². The molecule has 1 unspecified atom stereocenters. The molecule has 11 aromatic rings. The van der Waals surface area contributed by atoms with Crippen molar-refractivity contribution in [2.24, 2.45) is 0 Å². The van der Waals surface area contributed by atoms with Gasteiger partial charge in [-0.3, -0.25) is 14.4 Å². The first kappa shape index (κ1) is 33.8. The molecule has 0 fully saturated rings. The van der Waals surface area contributed by atoms with Crippen LogP contribution in [0.15, 0.2) is 170 Å². The minimum atomic E-state index is -1.37. The van der Waals surface area contributed by atoms with Crippen LogP contribution in [0.3, 0.4) is 0 Å². The van der Waals surface area contributed by atoms with Crippen LogP contribution in [0, 0.1) is 9.06 Å². The summed E-state index contributed by atoms with van der Waals surface area (Å²) in [6, 6.07) is 47.5. The first-order chi connectivity index (χ1) is 27.4. The Bertz CT molecular complexity index is 3690. The first-order valence-corrected chi connectivity index (χ1v) is 22.2. The fourth-order valence-electron chi connectivity index (χ4n) is 7.89. The molecule has 1 atom stereocenters. The van der Waals surface area contributed by atoms with E-state index in [9.17, 15) is 18.6 Å². The van der Waals surface area contributed by atoms with E-state index in [0.717, 1.165) is 67.0 Å². The van der Waals surface area contributed by atoms with Gasteiger partial charge in [-0.05, 0) is 51.9 Å². The first-order valence-electron chi connectivity index (χ1n) is 17.8. The lowest BCUT2D eigenvalue weighted by Gasteiger charge is -2.18. The molecule has 0 spiro atoms. The Morgan fingerprint density at radius 3 is 1.20 bits per heavy atom. The van der Waals surface area contributed by atoms with Crippen LogP contribution in [-0.2, 0) is 10.8 Å². The van der Waals surface area contributed by atoms with E-state index in [-0.39, 0.29) is 16.3 Å². The highest BCUT2D eigenvalue weighted by Gasteiger charge is 2.25. The Kier molecular flexibility index (Phi) is 7.84. The maximum atomic E-state index is 13.5. The lowest BCUT2D eigenvalue weighted by atomic mass is 10.1. The van der Waals surface area contributed by atoms with Crippen molar-refractivity contribution in [2.45, 2.75) is 9.79 Å². The van der Waals surface area contributed by atoms with Crippen LogP contribution >= 0.6 is 45.8 Å². The van der Waals surface area contributed by atoms with E-state index in [4.69, 9.17) is 0 Å². The van der Waals surface area contributed by atoms with Crippen LogP contribution in [0.25, 0.3) is 77.6 Å². The molecule has 0 radical (unpaired) electrons. The van der Waals surface area contributed by atoms with Gasteiger partial charge in [0.1, 0.15) is 4.24 Å². The van der Waals surface area contributed by atoms with Crippen LogP contribution in [0.4, 0.5) is 0 Å². The third-order valence-electron chi connectivity index (χ3n) is 10.4. The molecule has 0 amide bonds. The second-order valence-corrected chi connectivity index (χ2v) is 19.4. The lowest BCUT2D eigenvalue weighted by Crippen LogP contribution is -2.26. The smallest absolute Gasteiger partial charge is 0.205 e. The Balaban J connectivity index is 0.000000130. The van der Waals surface area contributed by atoms with E-state index in [1.165, 1.54) is 45.8 Å². The number of thioether (sulfide) groups is 1. The predicted molar refractivity (Wildman–Crippen MR) is 241 cm³/mol. The van der Waals surface area contributed by atoms with Gasteiger partial charge < -0.3 is 0 Å². The van der Waals surface area contributed by atoms with Crippen LogP contribution in [-0.4, -0.2) is 4.21 Å². The molecule has 0 saturated carbocycles. The summed E-state index contributed by atoms with van der Waals surface area (Å²) in [5.41, 5.74) is -0.148. The fraction of sp³-hybridized carbons (Fsp3) is 0. The molecule has 0 saturated heterocycles. The van der Waals surface area contributed by atoms with Gasteiger partial charge in [0.25, 0.3) is 0 Å². The summed E-state index contributed by atoms with van der Waals surface area (Å²) < 4.78 is 18.9. The zero-order valence-corrected chi connectivity index (χ0v) is 33.1. The molecule has 1 aliphatic rings. The molecular weight excluding hydrogens is 789 g/mol. The average Bonchev–Trinajstić information content (AvgIpc) is 3.23. The number of hydrogen-bond acceptors (Lipinski definition) is 8. The lowest BCUT2D eigenvalue weighted by molar-refractivity contribution is 0.689. The maximum absolute atomic E-state index is 13.5. The molecule has 0 N–H and O–H groups in total. The van der Waals surface area contributed by atoms with Crippen molar-refractivity contribution in [2.75, 3.05) is 0 Å². The molecule has 4 nitrogen and oxygen atoms in total. The molecule has 0 bridgehead atoms. The summed E-state index contributed by atoms with van der Waals surface area (Å²) in [5.74, 6) is 0. The number of benzene rings is 8. The highest BCUT2D eigenvalue weighted by molar-refractivity contribution is 8.25. The summed E-state index contributed by atoms with van der Waals surface area (Å²) in [6.07, 6.45) is 0. The topological polar surface area (TPSA) is 68.3 Å². The molecule has 266 valence electrons. The molecule has 9 heteroatoms. The quantitative estimate of drug-likeness (QED) is 0.153. The Morgan fingerprint density at radius 1 is 0.375 bits per heavy atom. The fourth-order valence-corrected chi connectivity index (χ4v) is 14.7. The minimum absolute atomic E-state index is 0.0308. The predicted octanol–water partition coefficient (Wildman–Crippen LogP) is 11.1. The molecular formula is C47H24O4S5. The standard InChI is InChI=1S/C24H12O2S2.C23H12O2S3/c25-21-15-9-1-5-13-7-3-11-17(19(13)15)27-23(21)24-22(26)16-10-2-6-14-8-4-12-18(28-24)20(14)16;24-21-15-9-1-5-13-6-2-10-16(19(13)15)26-22(21)23-27-17-11-3-7-14-8-4-12-18(20(14)17)28(23)25/h2*1-12H/b24-23+;23-22+. The van der Waals surface area contributed by atoms with Gasteiger partial charge in [0.2, 0.25) is 16.3 Å². The SMILES string of the molecule is O=c1/c(=C2/Sc3cccc4cccc(c34)S2=O)sc2cccc3cccc1c32.O=c1/c(=c2\sc3cccc4cccc(c2=O)c43)sc2cccc3cccc1c32. The van der Waals surface area contributed by atoms with Crippen molar-refractivity contribution >= 4 is 134 Å². The third-order valence-corrected chi connectivity index (χ3v) is 17.2. The normalized spacial score (nSPS) is 15.7. The van der Waals surface area contributed by atoms with Crippen LogP contribution in [0.5, 0.6) is 0 Å². The van der Waals surface area contributed by atoms with E-state index in [0.29, 0.717) is 34.0 Å². The minimum Gasteiger partial charge on any atom is -0.288 e. The van der Waals surface area contributed by atoms with Crippen LogP contribution in [0.1, 0.15) is 0 Å². The van der Waals surface area contributed by atoms with Crippen LogP contribution < -0.4 is 20.8 Å². The second kappa shape index (κ2) is 13.0. The third kappa shape index (κ3) is 5.09. The van der Waals surface area contributed by atoms with E-state index in [1.54, 1.807) is 0 Å². The van der Waals surface area contributed by atoms with Gasteiger partial charge >= 0.3 is 0 Å². The zero-order valence-electron chi connectivity index (χ0n) is 29.0. The van der Waals surface area contributed by atoms with Crippen molar-refractivity contribution < 1.29 is 4.21 Å². The largest absolute Gasteiger partial charge is 0.288 e. The van der Waals surface area contributed by atoms with E-state index in [2.05, 4.69) is 0 Å². The van der Waals surface area contributed by atoms with E-state index in [1.807, 2.05) is 146 Å². The van der Waals surface area contributed by atoms with Crippen LogP contribution in [0.2, 0.25) is 0 Å². The molecule has 8 aromatic carbocycles. The molecule has 4 heterocycles. The molecule has 0 aliphatic carbocycles. The Labute approximate surface area is 335 Å². The Morgan fingerprint density at radius 2 is 0.732 bits per heavy atom. The van der Waals surface area contributed by atoms with Crippen molar-refractivity contribution in [3.63, 3.8) is 0 Å². The maximum Gasteiger partial charge on any atom is 0.205 e. The van der Waals surface area contributed by atoms with Crippen molar-refractivity contribution in [1.29, 1.82) is 0 Å². The van der Waals surface area contributed by atoms with Gasteiger partial charge in [0.05, 0.1) is 29.3 Å². The molecule has 1 aliphatic heterocycles. The van der Waals surface area contributed by atoms with E-state index < -0.39 is 10.8 Å². The van der Waals surface area contributed by atoms with Crippen molar-refractivity contribution in [3.05, 3.63) is 190 Å².